The molecule has 0 fully saturated rings. The summed E-state index contributed by atoms with van der Waals surface area (Å²) in [6.07, 6.45) is 1.67. The second-order valence-electron chi connectivity index (χ2n) is 3.85. The fourth-order valence-corrected chi connectivity index (χ4v) is 3.72. The largest absolute Gasteiger partial charge is 0.358 e. The first-order valence-electron chi connectivity index (χ1n) is 5.40. The Morgan fingerprint density at radius 2 is 2.00 bits per heavy atom. The molecular weight excluding hydrogens is 367 g/mol. The molecule has 0 saturated carbocycles. The van der Waals surface area contributed by atoms with Gasteiger partial charge in [0.1, 0.15) is 9.83 Å². The highest BCUT2D eigenvalue weighted by molar-refractivity contribution is 9.11. The van der Waals surface area contributed by atoms with Gasteiger partial charge in [0.05, 0.1) is 9.48 Å². The van der Waals surface area contributed by atoms with Gasteiger partial charge in [-0.15, -0.1) is 11.3 Å². The molecule has 2 aromatic rings. The Bertz CT molecular complexity index is 795. The van der Waals surface area contributed by atoms with Crippen LogP contribution in [0.5, 0.6) is 0 Å². The molecule has 0 aliphatic carbocycles. The number of halogens is 3. The van der Waals surface area contributed by atoms with E-state index in [-0.39, 0.29) is 0 Å². The first-order chi connectivity index (χ1) is 9.15. The van der Waals surface area contributed by atoms with Crippen LogP contribution in [0.15, 0.2) is 50.5 Å². The van der Waals surface area contributed by atoms with Crippen molar-refractivity contribution in [2.24, 2.45) is 4.99 Å². The fraction of sp³-hybridized carbons (Fsp3) is 0. The number of benzene rings is 1. The van der Waals surface area contributed by atoms with E-state index < -0.39 is 0 Å². The Morgan fingerprint density at radius 1 is 1.21 bits per heavy atom. The summed E-state index contributed by atoms with van der Waals surface area (Å²) in [5.74, 6) is 0. The second kappa shape index (κ2) is 5.29. The lowest BCUT2D eigenvalue weighted by Gasteiger charge is -2.08. The molecule has 1 aliphatic heterocycles. The van der Waals surface area contributed by atoms with E-state index in [0.29, 0.717) is 10.2 Å². The number of thiophene rings is 1. The van der Waals surface area contributed by atoms with Gasteiger partial charge in [-0.25, -0.2) is 4.99 Å². The smallest absolute Gasteiger partial charge is 0.146 e. The van der Waals surface area contributed by atoms with Crippen LogP contribution in [0.3, 0.4) is 0 Å². The van der Waals surface area contributed by atoms with Gasteiger partial charge in [0.25, 0.3) is 0 Å². The monoisotopic (exact) mass is 372 g/mol. The predicted molar refractivity (Wildman–Crippen MR) is 83.8 cm³/mol. The van der Waals surface area contributed by atoms with Crippen LogP contribution in [0.25, 0.3) is 5.70 Å². The van der Waals surface area contributed by atoms with Crippen molar-refractivity contribution in [2.45, 2.75) is 0 Å². The van der Waals surface area contributed by atoms with Crippen molar-refractivity contribution in [3.63, 3.8) is 0 Å². The van der Waals surface area contributed by atoms with Crippen molar-refractivity contribution in [2.75, 3.05) is 0 Å². The summed E-state index contributed by atoms with van der Waals surface area (Å²) in [6.45, 7) is 0. The van der Waals surface area contributed by atoms with Gasteiger partial charge in [-0.2, -0.15) is 0 Å². The van der Waals surface area contributed by atoms with E-state index in [9.17, 15) is 0 Å². The molecule has 1 aliphatic rings. The number of fused-ring (bicyclic) bond motifs is 1. The summed E-state index contributed by atoms with van der Waals surface area (Å²) in [5, 5.41) is 5.27. The van der Waals surface area contributed by atoms with Gasteiger partial charge >= 0.3 is 0 Å². The maximum atomic E-state index is 6.27. The van der Waals surface area contributed by atoms with Gasteiger partial charge in [0.15, 0.2) is 0 Å². The molecule has 6 heteroatoms. The first-order valence-corrected chi connectivity index (χ1v) is 7.77. The number of hydrogen-bond acceptors (Lipinski definition) is 3. The van der Waals surface area contributed by atoms with Crippen molar-refractivity contribution in [1.82, 2.24) is 5.32 Å². The van der Waals surface area contributed by atoms with E-state index >= 15 is 0 Å². The lowest BCUT2D eigenvalue weighted by molar-refractivity contribution is 1.19. The van der Waals surface area contributed by atoms with Crippen molar-refractivity contribution in [3.05, 3.63) is 66.0 Å². The van der Waals surface area contributed by atoms with E-state index in [1.807, 2.05) is 30.3 Å². The number of nitrogens with zero attached hydrogens (tertiary/aromatic N) is 1. The highest BCUT2D eigenvalue weighted by Crippen LogP contribution is 2.22. The van der Waals surface area contributed by atoms with Crippen LogP contribution in [0.4, 0.5) is 0 Å². The number of rotatable bonds is 1. The van der Waals surface area contributed by atoms with Crippen LogP contribution < -0.4 is 15.2 Å². The summed E-state index contributed by atoms with van der Waals surface area (Å²) in [6, 6.07) is 9.69. The molecule has 0 saturated heterocycles. The minimum Gasteiger partial charge on any atom is -0.358 e. The van der Waals surface area contributed by atoms with Gasteiger partial charge in [-0.1, -0.05) is 41.4 Å². The van der Waals surface area contributed by atoms with E-state index in [0.717, 1.165) is 24.9 Å². The molecule has 1 aromatic carbocycles. The highest BCUT2D eigenvalue weighted by atomic mass is 79.9. The Balaban J connectivity index is 2.37. The summed E-state index contributed by atoms with van der Waals surface area (Å²) >= 11 is 17.3. The summed E-state index contributed by atoms with van der Waals surface area (Å²) in [7, 11) is 0. The van der Waals surface area contributed by atoms with Gasteiger partial charge < -0.3 is 5.32 Å². The average Bonchev–Trinajstić information content (AvgIpc) is 2.65. The van der Waals surface area contributed by atoms with Crippen LogP contribution in [0, 0.1) is 0 Å². The molecule has 96 valence electrons. The molecule has 2 nitrogen and oxygen atoms in total. The molecule has 0 radical (unpaired) electrons. The fourth-order valence-electron chi connectivity index (χ4n) is 1.84. The zero-order chi connectivity index (χ0) is 13.4. The van der Waals surface area contributed by atoms with Gasteiger partial charge in [-0.3, -0.25) is 0 Å². The van der Waals surface area contributed by atoms with Gasteiger partial charge in [0, 0.05) is 22.0 Å². The maximum absolute atomic E-state index is 6.27. The minimum absolute atomic E-state index is 0.414. The first kappa shape index (κ1) is 13.2. The van der Waals surface area contributed by atoms with Gasteiger partial charge in [0.2, 0.25) is 0 Å². The molecule has 0 spiro atoms. The van der Waals surface area contributed by atoms with E-state index in [1.165, 1.54) is 11.3 Å². The SMILES string of the molecule is ClC1=CNC(c2ccccc2Cl)=c2cc(Br)sc2=N1. The summed E-state index contributed by atoms with van der Waals surface area (Å²) in [5.41, 5.74) is 1.83. The molecule has 3 rings (SSSR count). The van der Waals surface area contributed by atoms with E-state index in [4.69, 9.17) is 23.2 Å². The van der Waals surface area contributed by atoms with Crippen molar-refractivity contribution >= 4 is 56.2 Å². The Kier molecular flexibility index (Phi) is 3.67. The third-order valence-corrected chi connectivity index (χ3v) is 4.69. The van der Waals surface area contributed by atoms with Crippen molar-refractivity contribution < 1.29 is 0 Å². The van der Waals surface area contributed by atoms with Crippen molar-refractivity contribution in [1.29, 1.82) is 0 Å². The summed E-state index contributed by atoms with van der Waals surface area (Å²) in [4.78, 5) is 4.35. The molecule has 0 unspecified atom stereocenters. The minimum atomic E-state index is 0.414. The molecule has 2 heterocycles. The Labute approximate surface area is 132 Å². The molecule has 19 heavy (non-hydrogen) atoms. The van der Waals surface area contributed by atoms with Crippen LogP contribution >= 0.6 is 50.5 Å². The molecule has 0 bridgehead atoms. The normalized spacial score (nSPS) is 14.1. The van der Waals surface area contributed by atoms with Crippen LogP contribution in [-0.2, 0) is 0 Å². The van der Waals surface area contributed by atoms with E-state index in [1.54, 1.807) is 6.20 Å². The Morgan fingerprint density at radius 3 is 2.79 bits per heavy atom. The lowest BCUT2D eigenvalue weighted by Crippen LogP contribution is -2.25. The second-order valence-corrected chi connectivity index (χ2v) is 7.05. The number of hydrogen-bond donors (Lipinski definition) is 1. The molecular formula is C13H7BrCl2N2S. The molecule has 1 N–H and O–H groups in total. The summed E-state index contributed by atoms with van der Waals surface area (Å²) < 4.78 is 1.85. The van der Waals surface area contributed by atoms with Crippen LogP contribution in [-0.4, -0.2) is 0 Å². The third kappa shape index (κ3) is 2.58. The standard InChI is InChI=1S/C13H7BrCl2N2S/c14-10-5-8-12(7-3-1-2-4-9(7)15)17-6-11(16)18-13(8)19-10/h1-6,17H. The quantitative estimate of drug-likeness (QED) is 0.759. The molecule has 0 atom stereocenters. The zero-order valence-electron chi connectivity index (χ0n) is 9.45. The maximum Gasteiger partial charge on any atom is 0.146 e. The molecule has 1 aromatic heterocycles. The number of nitrogens with one attached hydrogen (secondary N) is 1. The van der Waals surface area contributed by atoms with E-state index in [2.05, 4.69) is 26.2 Å². The Hall–Kier alpha value is -0.810. The molecule has 0 amide bonds. The zero-order valence-corrected chi connectivity index (χ0v) is 13.4. The van der Waals surface area contributed by atoms with Gasteiger partial charge in [-0.05, 0) is 28.1 Å². The lowest BCUT2D eigenvalue weighted by atomic mass is 10.1. The predicted octanol–water partition coefficient (Wildman–Crippen LogP) is 3.58. The topological polar surface area (TPSA) is 24.4 Å². The average molecular weight is 374 g/mol. The van der Waals surface area contributed by atoms with Crippen LogP contribution in [0.2, 0.25) is 5.02 Å². The van der Waals surface area contributed by atoms with Crippen LogP contribution in [0.1, 0.15) is 5.56 Å². The highest BCUT2D eigenvalue weighted by Gasteiger charge is 2.11. The third-order valence-electron chi connectivity index (χ3n) is 2.64. The van der Waals surface area contributed by atoms with Crippen molar-refractivity contribution in [3.8, 4) is 0 Å².